The van der Waals surface area contributed by atoms with Crippen molar-refractivity contribution in [2.75, 3.05) is 39.0 Å². The van der Waals surface area contributed by atoms with E-state index in [2.05, 4.69) is 24.1 Å². The molecule has 2 aliphatic rings. The van der Waals surface area contributed by atoms with Gasteiger partial charge in [0.15, 0.2) is 0 Å². The number of hydrogen-bond donors (Lipinski definition) is 1. The predicted molar refractivity (Wildman–Crippen MR) is 87.0 cm³/mol. The fourth-order valence-corrected chi connectivity index (χ4v) is 4.67. The molecule has 0 bridgehead atoms. The van der Waals surface area contributed by atoms with Crippen LogP contribution in [0.15, 0.2) is 0 Å². The number of hydrogen-bond acceptors (Lipinski definition) is 4. The molecule has 1 aliphatic carbocycles. The van der Waals surface area contributed by atoms with Crippen molar-refractivity contribution in [3.05, 3.63) is 0 Å². The minimum absolute atomic E-state index is 0.110. The Balaban J connectivity index is 1.88. The smallest absolute Gasteiger partial charge is 0.236 e. The first-order valence-corrected chi connectivity index (χ1v) is 9.86. The van der Waals surface area contributed by atoms with Crippen molar-refractivity contribution in [1.82, 2.24) is 14.5 Å². The molecule has 7 heteroatoms. The molecular weight excluding hydrogens is 302 g/mol. The van der Waals surface area contributed by atoms with Crippen molar-refractivity contribution in [3.8, 4) is 0 Å². The molecule has 0 unspecified atom stereocenters. The molecule has 1 N–H and O–H groups in total. The summed E-state index contributed by atoms with van der Waals surface area (Å²) in [6, 6.07) is 0.110. The third kappa shape index (κ3) is 4.43. The maximum Gasteiger partial charge on any atom is 0.236 e. The molecule has 0 radical (unpaired) electrons. The van der Waals surface area contributed by atoms with Gasteiger partial charge in [-0.2, -0.15) is 4.31 Å². The first kappa shape index (κ1) is 17.7. The fraction of sp³-hybridized carbons (Fsp3) is 0.933. The highest BCUT2D eigenvalue weighted by molar-refractivity contribution is 7.89. The quantitative estimate of drug-likeness (QED) is 0.815. The standard InChI is InChI=1S/C15H29N3O3S/c1-12-5-4-6-14(13(12)2)16-15(19)11-22(20,21)18-9-7-17(3)8-10-18/h12-14H,4-11H2,1-3H3,(H,16,19)/t12-,13-,14+/m1/s1. The number of likely N-dealkylation sites (N-methyl/N-ethyl adjacent to an activating group) is 1. The van der Waals surface area contributed by atoms with Crippen LogP contribution in [0.2, 0.25) is 0 Å². The van der Waals surface area contributed by atoms with Gasteiger partial charge in [-0.15, -0.1) is 0 Å². The van der Waals surface area contributed by atoms with Crippen molar-refractivity contribution < 1.29 is 13.2 Å². The van der Waals surface area contributed by atoms with Crippen LogP contribution in [0.25, 0.3) is 0 Å². The minimum atomic E-state index is -3.49. The van der Waals surface area contributed by atoms with Gasteiger partial charge in [0.1, 0.15) is 5.75 Å². The Hall–Kier alpha value is -0.660. The number of piperazine rings is 1. The van der Waals surface area contributed by atoms with Gasteiger partial charge in [-0.05, 0) is 25.3 Å². The van der Waals surface area contributed by atoms with Crippen LogP contribution >= 0.6 is 0 Å². The lowest BCUT2D eigenvalue weighted by Gasteiger charge is -2.35. The lowest BCUT2D eigenvalue weighted by molar-refractivity contribution is -0.120. The van der Waals surface area contributed by atoms with Crippen molar-refractivity contribution in [3.63, 3.8) is 0 Å². The molecule has 0 aromatic rings. The van der Waals surface area contributed by atoms with E-state index in [0.29, 0.717) is 24.9 Å². The second-order valence-corrected chi connectivity index (χ2v) is 8.87. The van der Waals surface area contributed by atoms with Crippen LogP contribution in [-0.4, -0.2) is 68.6 Å². The molecule has 2 fully saturated rings. The number of nitrogens with zero attached hydrogens (tertiary/aromatic N) is 2. The number of amides is 1. The van der Waals surface area contributed by atoms with Gasteiger partial charge in [0.2, 0.25) is 15.9 Å². The van der Waals surface area contributed by atoms with Gasteiger partial charge in [-0.25, -0.2) is 8.42 Å². The maximum absolute atomic E-state index is 12.3. The first-order valence-electron chi connectivity index (χ1n) is 8.25. The predicted octanol–water partition coefficient (Wildman–Crippen LogP) is 0.505. The van der Waals surface area contributed by atoms with Crippen LogP contribution < -0.4 is 5.32 Å². The average molecular weight is 331 g/mol. The fourth-order valence-electron chi connectivity index (χ4n) is 3.36. The molecule has 1 saturated heterocycles. The minimum Gasteiger partial charge on any atom is -0.352 e. The molecule has 1 amide bonds. The molecule has 0 aromatic heterocycles. The van der Waals surface area contributed by atoms with E-state index in [1.54, 1.807) is 0 Å². The Kier molecular flexibility index (Phi) is 5.85. The van der Waals surface area contributed by atoms with Crippen LogP contribution in [0, 0.1) is 11.8 Å². The molecule has 3 atom stereocenters. The molecule has 0 aromatic carbocycles. The van der Waals surface area contributed by atoms with E-state index in [9.17, 15) is 13.2 Å². The normalized spacial score (nSPS) is 31.9. The topological polar surface area (TPSA) is 69.7 Å². The van der Waals surface area contributed by atoms with Gasteiger partial charge in [0.05, 0.1) is 0 Å². The lowest BCUT2D eigenvalue weighted by Crippen LogP contribution is -2.51. The number of nitrogens with one attached hydrogen (secondary N) is 1. The summed E-state index contributed by atoms with van der Waals surface area (Å²) in [5, 5.41) is 2.95. The Labute approximate surface area is 134 Å². The largest absolute Gasteiger partial charge is 0.352 e. The van der Waals surface area contributed by atoms with E-state index in [1.165, 1.54) is 10.7 Å². The third-order valence-corrected chi connectivity index (χ3v) is 7.00. The summed E-state index contributed by atoms with van der Waals surface area (Å²) in [4.78, 5) is 14.3. The summed E-state index contributed by atoms with van der Waals surface area (Å²) in [6.45, 7) is 6.73. The third-order valence-electron chi connectivity index (χ3n) is 5.22. The van der Waals surface area contributed by atoms with Crippen LogP contribution in [0.1, 0.15) is 33.1 Å². The number of rotatable bonds is 4. The number of carbonyl (C=O) groups is 1. The van der Waals surface area contributed by atoms with Crippen LogP contribution in [0.4, 0.5) is 0 Å². The van der Waals surface area contributed by atoms with Crippen LogP contribution in [-0.2, 0) is 14.8 Å². The molecule has 6 nitrogen and oxygen atoms in total. The average Bonchev–Trinajstić information content (AvgIpc) is 2.44. The molecule has 0 spiro atoms. The van der Waals surface area contributed by atoms with E-state index in [1.807, 2.05) is 7.05 Å². The lowest BCUT2D eigenvalue weighted by atomic mass is 9.78. The second-order valence-electron chi connectivity index (χ2n) is 6.90. The molecule has 128 valence electrons. The van der Waals surface area contributed by atoms with Gasteiger partial charge in [0.25, 0.3) is 0 Å². The molecule has 1 heterocycles. The van der Waals surface area contributed by atoms with E-state index >= 15 is 0 Å². The summed E-state index contributed by atoms with van der Waals surface area (Å²) in [5.41, 5.74) is 0. The zero-order valence-corrected chi connectivity index (χ0v) is 14.7. The van der Waals surface area contributed by atoms with E-state index in [0.717, 1.165) is 25.9 Å². The Morgan fingerprint density at radius 2 is 1.77 bits per heavy atom. The van der Waals surface area contributed by atoms with Gasteiger partial charge >= 0.3 is 0 Å². The second kappa shape index (κ2) is 7.27. The molecule has 22 heavy (non-hydrogen) atoms. The van der Waals surface area contributed by atoms with E-state index < -0.39 is 15.8 Å². The molecular formula is C15H29N3O3S. The molecule has 1 saturated carbocycles. The first-order chi connectivity index (χ1) is 10.3. The van der Waals surface area contributed by atoms with Gasteiger partial charge in [0, 0.05) is 32.2 Å². The highest BCUT2D eigenvalue weighted by Gasteiger charge is 2.31. The summed E-state index contributed by atoms with van der Waals surface area (Å²) in [5.74, 6) is 0.205. The summed E-state index contributed by atoms with van der Waals surface area (Å²) >= 11 is 0. The van der Waals surface area contributed by atoms with Gasteiger partial charge in [-0.3, -0.25) is 4.79 Å². The number of carbonyl (C=O) groups excluding carboxylic acids is 1. The van der Waals surface area contributed by atoms with Gasteiger partial charge in [-0.1, -0.05) is 26.7 Å². The summed E-state index contributed by atoms with van der Waals surface area (Å²) < 4.78 is 26.1. The summed E-state index contributed by atoms with van der Waals surface area (Å²) in [7, 11) is -1.52. The zero-order chi connectivity index (χ0) is 16.3. The van der Waals surface area contributed by atoms with Crippen molar-refractivity contribution >= 4 is 15.9 Å². The molecule has 2 rings (SSSR count). The Morgan fingerprint density at radius 1 is 1.14 bits per heavy atom. The van der Waals surface area contributed by atoms with Crippen molar-refractivity contribution in [1.29, 1.82) is 0 Å². The van der Waals surface area contributed by atoms with Gasteiger partial charge < -0.3 is 10.2 Å². The highest BCUT2D eigenvalue weighted by Crippen LogP contribution is 2.29. The van der Waals surface area contributed by atoms with Crippen LogP contribution in [0.3, 0.4) is 0 Å². The SMILES string of the molecule is C[C@@H]1[C@H](C)CCC[C@@H]1NC(=O)CS(=O)(=O)N1CCN(C)CC1. The van der Waals surface area contributed by atoms with Crippen molar-refractivity contribution in [2.24, 2.45) is 11.8 Å². The van der Waals surface area contributed by atoms with E-state index in [-0.39, 0.29) is 11.9 Å². The zero-order valence-electron chi connectivity index (χ0n) is 13.9. The van der Waals surface area contributed by atoms with E-state index in [4.69, 9.17) is 0 Å². The Bertz CT molecular complexity index is 486. The van der Waals surface area contributed by atoms with Crippen LogP contribution in [0.5, 0.6) is 0 Å². The maximum atomic E-state index is 12.3. The highest BCUT2D eigenvalue weighted by atomic mass is 32.2. The number of sulfonamides is 1. The summed E-state index contributed by atoms with van der Waals surface area (Å²) in [6.07, 6.45) is 3.24. The Morgan fingerprint density at radius 3 is 2.41 bits per heavy atom. The monoisotopic (exact) mass is 331 g/mol. The molecule has 1 aliphatic heterocycles. The van der Waals surface area contributed by atoms with Crippen molar-refractivity contribution in [2.45, 2.75) is 39.2 Å².